The molecule has 52 valence electrons. The summed E-state index contributed by atoms with van der Waals surface area (Å²) in [6.45, 7) is 4.34. The average molecular weight is 128 g/mol. The highest BCUT2D eigenvalue weighted by Crippen LogP contribution is 2.22. The van der Waals surface area contributed by atoms with Gasteiger partial charge < -0.3 is 11.1 Å². The Kier molecular flexibility index (Phi) is 1.24. The molecule has 1 aliphatic heterocycles. The molecule has 0 aromatic rings. The third-order valence-corrected chi connectivity index (χ3v) is 1.99. The maximum Gasteiger partial charge on any atom is 0.227 e. The number of nitrogens with one attached hydrogen (secondary N) is 1. The molecule has 3 N–H and O–H groups in total. The van der Waals surface area contributed by atoms with Crippen LogP contribution in [0.5, 0.6) is 0 Å². The van der Waals surface area contributed by atoms with E-state index in [1.54, 1.807) is 0 Å². The van der Waals surface area contributed by atoms with Gasteiger partial charge in [0.05, 0.1) is 5.41 Å². The lowest BCUT2D eigenvalue weighted by Crippen LogP contribution is -2.37. The highest BCUT2D eigenvalue weighted by molar-refractivity contribution is 5.85. The fourth-order valence-electron chi connectivity index (χ4n) is 0.854. The first-order valence-corrected chi connectivity index (χ1v) is 3.09. The summed E-state index contributed by atoms with van der Waals surface area (Å²) in [5.41, 5.74) is 5.26. The first-order chi connectivity index (χ1) is 4.05. The summed E-state index contributed by atoms with van der Waals surface area (Å²) in [5.74, 6) is 0.0648. The van der Waals surface area contributed by atoms with Gasteiger partial charge >= 0.3 is 0 Å². The second-order valence-electron chi connectivity index (χ2n) is 3.04. The summed E-state index contributed by atoms with van der Waals surface area (Å²) in [6, 6.07) is -0.0231. The molecule has 1 rings (SSSR count). The van der Waals surface area contributed by atoms with Gasteiger partial charge in [0, 0.05) is 12.6 Å². The van der Waals surface area contributed by atoms with Crippen LogP contribution in [-0.2, 0) is 4.79 Å². The van der Waals surface area contributed by atoms with Crippen LogP contribution >= 0.6 is 0 Å². The van der Waals surface area contributed by atoms with Crippen LogP contribution in [0.2, 0.25) is 0 Å². The van der Waals surface area contributed by atoms with Gasteiger partial charge in [0.15, 0.2) is 0 Å². The summed E-state index contributed by atoms with van der Waals surface area (Å²) in [5, 5.41) is 2.70. The molecule has 0 aromatic heterocycles. The predicted molar refractivity (Wildman–Crippen MR) is 34.8 cm³/mol. The van der Waals surface area contributed by atoms with Gasteiger partial charge in [0.1, 0.15) is 0 Å². The molecule has 3 heteroatoms. The van der Waals surface area contributed by atoms with Crippen molar-refractivity contribution in [2.24, 2.45) is 11.1 Å². The highest BCUT2D eigenvalue weighted by Gasteiger charge is 2.39. The Morgan fingerprint density at radius 1 is 1.78 bits per heavy atom. The van der Waals surface area contributed by atoms with Crippen LogP contribution < -0.4 is 11.1 Å². The van der Waals surface area contributed by atoms with Gasteiger partial charge in [-0.25, -0.2) is 0 Å². The third kappa shape index (κ3) is 0.812. The Balaban J connectivity index is 2.78. The summed E-state index contributed by atoms with van der Waals surface area (Å²) >= 11 is 0. The van der Waals surface area contributed by atoms with Crippen LogP contribution in [0.4, 0.5) is 0 Å². The van der Waals surface area contributed by atoms with Crippen molar-refractivity contribution >= 4 is 5.91 Å². The Morgan fingerprint density at radius 3 is 2.44 bits per heavy atom. The number of nitrogens with two attached hydrogens (primary N) is 1. The average Bonchev–Trinajstić information content (AvgIpc) is 1.96. The minimum absolute atomic E-state index is 0.0231. The van der Waals surface area contributed by atoms with Crippen molar-refractivity contribution in [1.29, 1.82) is 0 Å². The lowest BCUT2D eigenvalue weighted by molar-refractivity contribution is -0.126. The van der Waals surface area contributed by atoms with E-state index < -0.39 is 0 Å². The van der Waals surface area contributed by atoms with Gasteiger partial charge in [-0.15, -0.1) is 0 Å². The van der Waals surface area contributed by atoms with Crippen LogP contribution in [0.25, 0.3) is 0 Å². The van der Waals surface area contributed by atoms with Gasteiger partial charge in [-0.1, -0.05) is 0 Å². The zero-order chi connectivity index (χ0) is 7.07. The van der Waals surface area contributed by atoms with Crippen molar-refractivity contribution in [3.8, 4) is 0 Å². The molecule has 0 spiro atoms. The summed E-state index contributed by atoms with van der Waals surface area (Å²) in [6.07, 6.45) is 0. The maximum absolute atomic E-state index is 10.9. The Bertz CT molecular complexity index is 142. The van der Waals surface area contributed by atoms with Crippen molar-refractivity contribution < 1.29 is 4.79 Å². The summed E-state index contributed by atoms with van der Waals surface area (Å²) < 4.78 is 0. The zero-order valence-electron chi connectivity index (χ0n) is 5.77. The van der Waals surface area contributed by atoms with Crippen molar-refractivity contribution in [3.05, 3.63) is 0 Å². The molecule has 1 aliphatic rings. The maximum atomic E-state index is 10.9. The lowest BCUT2D eigenvalue weighted by Gasteiger charge is -2.18. The molecule has 1 heterocycles. The van der Waals surface area contributed by atoms with E-state index in [9.17, 15) is 4.79 Å². The van der Waals surface area contributed by atoms with Gasteiger partial charge in [0.2, 0.25) is 5.91 Å². The highest BCUT2D eigenvalue weighted by atomic mass is 16.2. The van der Waals surface area contributed by atoms with E-state index in [0.29, 0.717) is 6.54 Å². The normalized spacial score (nSPS) is 32.3. The fourth-order valence-corrected chi connectivity index (χ4v) is 0.854. The SMILES string of the molecule is CC1(C)C(=O)NCC1N. The first-order valence-electron chi connectivity index (χ1n) is 3.09. The molecule has 1 fully saturated rings. The Morgan fingerprint density at radius 2 is 2.33 bits per heavy atom. The number of hydrogen-bond donors (Lipinski definition) is 2. The third-order valence-electron chi connectivity index (χ3n) is 1.99. The molecule has 1 saturated heterocycles. The second kappa shape index (κ2) is 1.70. The number of amides is 1. The van der Waals surface area contributed by atoms with Gasteiger partial charge in [0.25, 0.3) is 0 Å². The van der Waals surface area contributed by atoms with Crippen LogP contribution in [0.15, 0.2) is 0 Å². The molecule has 1 atom stereocenters. The molecule has 0 saturated carbocycles. The lowest BCUT2D eigenvalue weighted by atomic mass is 9.88. The van der Waals surface area contributed by atoms with Crippen molar-refractivity contribution in [3.63, 3.8) is 0 Å². The predicted octanol–water partition coefficient (Wildman–Crippen LogP) is -0.530. The summed E-state index contributed by atoms with van der Waals surface area (Å²) in [7, 11) is 0. The van der Waals surface area contributed by atoms with Crippen LogP contribution in [-0.4, -0.2) is 18.5 Å². The number of carbonyl (C=O) groups is 1. The number of rotatable bonds is 0. The van der Waals surface area contributed by atoms with E-state index in [-0.39, 0.29) is 17.4 Å². The molecule has 0 bridgehead atoms. The molecular weight excluding hydrogens is 116 g/mol. The van der Waals surface area contributed by atoms with E-state index in [2.05, 4.69) is 5.32 Å². The molecule has 0 radical (unpaired) electrons. The van der Waals surface area contributed by atoms with Crippen molar-refractivity contribution in [1.82, 2.24) is 5.32 Å². The molecule has 9 heavy (non-hydrogen) atoms. The van der Waals surface area contributed by atoms with E-state index >= 15 is 0 Å². The largest absolute Gasteiger partial charge is 0.354 e. The number of carbonyl (C=O) groups excluding carboxylic acids is 1. The molecule has 3 nitrogen and oxygen atoms in total. The van der Waals surface area contributed by atoms with Gasteiger partial charge in [-0.3, -0.25) is 4.79 Å². The minimum Gasteiger partial charge on any atom is -0.354 e. The fraction of sp³-hybridized carbons (Fsp3) is 0.833. The van der Waals surface area contributed by atoms with Crippen molar-refractivity contribution in [2.75, 3.05) is 6.54 Å². The van der Waals surface area contributed by atoms with Crippen molar-refractivity contribution in [2.45, 2.75) is 19.9 Å². The standard InChI is InChI=1S/C6H12N2O/c1-6(2)4(7)3-8-5(6)9/h4H,3,7H2,1-2H3,(H,8,9). The second-order valence-corrected chi connectivity index (χ2v) is 3.04. The molecule has 1 unspecified atom stereocenters. The topological polar surface area (TPSA) is 55.1 Å². The zero-order valence-corrected chi connectivity index (χ0v) is 5.77. The van der Waals surface area contributed by atoms with E-state index in [0.717, 1.165) is 0 Å². The molecule has 0 aromatic carbocycles. The molecular formula is C6H12N2O. The number of hydrogen-bond acceptors (Lipinski definition) is 2. The Hall–Kier alpha value is -0.570. The van der Waals surface area contributed by atoms with Gasteiger partial charge in [-0.05, 0) is 13.8 Å². The molecule has 0 aliphatic carbocycles. The first kappa shape index (κ1) is 6.55. The monoisotopic (exact) mass is 128 g/mol. The quantitative estimate of drug-likeness (QED) is 0.461. The smallest absolute Gasteiger partial charge is 0.227 e. The molecule has 1 amide bonds. The van der Waals surface area contributed by atoms with Gasteiger partial charge in [-0.2, -0.15) is 0 Å². The Labute approximate surface area is 54.6 Å². The van der Waals surface area contributed by atoms with E-state index in [1.807, 2.05) is 13.8 Å². The summed E-state index contributed by atoms with van der Waals surface area (Å²) in [4.78, 5) is 10.9. The van der Waals surface area contributed by atoms with E-state index in [4.69, 9.17) is 5.73 Å². The van der Waals surface area contributed by atoms with E-state index in [1.165, 1.54) is 0 Å². The van der Waals surface area contributed by atoms with Crippen LogP contribution in [0.3, 0.4) is 0 Å². The minimum atomic E-state index is -0.361. The van der Waals surface area contributed by atoms with Crippen LogP contribution in [0, 0.1) is 5.41 Å². The van der Waals surface area contributed by atoms with Crippen LogP contribution in [0.1, 0.15) is 13.8 Å².